The minimum Gasteiger partial charge on any atom is -0.449 e. The van der Waals surface area contributed by atoms with Gasteiger partial charge in [-0.25, -0.2) is 4.79 Å². The molecule has 28 heavy (non-hydrogen) atoms. The average molecular weight is 435 g/mol. The van der Waals surface area contributed by atoms with Crippen LogP contribution in [0.1, 0.15) is 22.6 Å². The topological polar surface area (TPSA) is 51.2 Å². The Morgan fingerprint density at radius 3 is 2.43 bits per heavy atom. The summed E-state index contributed by atoms with van der Waals surface area (Å²) in [5.41, 5.74) is 5.86. The lowest BCUT2D eigenvalue weighted by Crippen LogP contribution is -2.26. The van der Waals surface area contributed by atoms with Crippen LogP contribution in [-0.2, 0) is 4.74 Å². The number of carbonyl (C=O) groups is 1. The number of nitrogens with zero attached hydrogens (tertiary/aromatic N) is 1. The molecule has 0 bridgehead atoms. The Kier molecular flexibility index (Phi) is 5.53. The van der Waals surface area contributed by atoms with Crippen LogP contribution in [-0.4, -0.2) is 24.2 Å². The summed E-state index contributed by atoms with van der Waals surface area (Å²) in [5, 5.41) is 2.77. The molecule has 0 spiro atoms. The largest absolute Gasteiger partial charge is 0.449 e. The second-order valence-corrected chi connectivity index (χ2v) is 7.36. The van der Waals surface area contributed by atoms with Crippen molar-refractivity contribution in [2.45, 2.75) is 5.92 Å². The summed E-state index contributed by atoms with van der Waals surface area (Å²) in [6.07, 6.45) is 6.85. The van der Waals surface area contributed by atoms with E-state index < -0.39 is 6.09 Å². The zero-order valence-electron chi connectivity index (χ0n) is 15.1. The number of hydrogen-bond donors (Lipinski definition) is 1. The maximum Gasteiger partial charge on any atom is 0.407 e. The van der Waals surface area contributed by atoms with Crippen molar-refractivity contribution in [3.05, 3.63) is 94.2 Å². The number of carbonyl (C=O) groups excluding carboxylic acids is 1. The highest BCUT2D eigenvalue weighted by Gasteiger charge is 2.28. The number of ether oxygens (including phenoxy) is 1. The van der Waals surface area contributed by atoms with Crippen molar-refractivity contribution in [1.29, 1.82) is 0 Å². The van der Waals surface area contributed by atoms with Crippen LogP contribution >= 0.6 is 15.9 Å². The first-order chi connectivity index (χ1) is 13.7. The number of rotatable bonds is 5. The van der Waals surface area contributed by atoms with Gasteiger partial charge in [0.2, 0.25) is 0 Å². The molecule has 1 aromatic heterocycles. The molecule has 1 aliphatic rings. The molecule has 0 unspecified atom stereocenters. The number of amides is 1. The van der Waals surface area contributed by atoms with Gasteiger partial charge < -0.3 is 10.1 Å². The maximum absolute atomic E-state index is 12.1. The van der Waals surface area contributed by atoms with E-state index in [1.54, 1.807) is 12.4 Å². The molecule has 1 heterocycles. The predicted octanol–water partition coefficient (Wildman–Crippen LogP) is 5.40. The van der Waals surface area contributed by atoms with Gasteiger partial charge in [-0.2, -0.15) is 0 Å². The minimum absolute atomic E-state index is 0.0708. The van der Waals surface area contributed by atoms with Crippen LogP contribution in [0.5, 0.6) is 0 Å². The van der Waals surface area contributed by atoms with Crippen molar-refractivity contribution in [2.24, 2.45) is 0 Å². The Morgan fingerprint density at radius 2 is 1.75 bits per heavy atom. The quantitative estimate of drug-likeness (QED) is 0.584. The van der Waals surface area contributed by atoms with Gasteiger partial charge in [0.15, 0.2) is 0 Å². The molecule has 0 saturated heterocycles. The van der Waals surface area contributed by atoms with Crippen molar-refractivity contribution < 1.29 is 9.53 Å². The van der Waals surface area contributed by atoms with Gasteiger partial charge in [-0.1, -0.05) is 60.7 Å². The first kappa shape index (κ1) is 18.4. The molecule has 1 aliphatic carbocycles. The second kappa shape index (κ2) is 8.40. The van der Waals surface area contributed by atoms with Gasteiger partial charge in [0.25, 0.3) is 0 Å². The summed E-state index contributed by atoms with van der Waals surface area (Å²) in [4.78, 5) is 16.1. The molecule has 5 heteroatoms. The zero-order valence-corrected chi connectivity index (χ0v) is 16.7. The molecule has 4 rings (SSSR count). The summed E-state index contributed by atoms with van der Waals surface area (Å²) in [6, 6.07) is 18.5. The fourth-order valence-electron chi connectivity index (χ4n) is 3.50. The van der Waals surface area contributed by atoms with E-state index in [9.17, 15) is 4.79 Å². The van der Waals surface area contributed by atoms with Crippen LogP contribution in [0.15, 0.2) is 77.5 Å². The van der Waals surface area contributed by atoms with E-state index in [0.717, 1.165) is 10.0 Å². The van der Waals surface area contributed by atoms with Crippen LogP contribution in [0.2, 0.25) is 0 Å². The van der Waals surface area contributed by atoms with Crippen LogP contribution < -0.4 is 5.32 Å². The van der Waals surface area contributed by atoms with E-state index in [2.05, 4.69) is 50.5 Å². The van der Waals surface area contributed by atoms with Gasteiger partial charge in [-0.05, 0) is 49.8 Å². The number of aromatic nitrogens is 1. The Labute approximate surface area is 172 Å². The molecule has 0 radical (unpaired) electrons. The fraction of sp³-hybridized carbons (Fsp3) is 0.130. The third kappa shape index (κ3) is 3.85. The van der Waals surface area contributed by atoms with E-state index >= 15 is 0 Å². The van der Waals surface area contributed by atoms with E-state index in [4.69, 9.17) is 4.74 Å². The average Bonchev–Trinajstić information content (AvgIpc) is 3.05. The lowest BCUT2D eigenvalue weighted by Gasteiger charge is -2.14. The minimum atomic E-state index is -0.416. The summed E-state index contributed by atoms with van der Waals surface area (Å²) < 4.78 is 6.42. The Balaban J connectivity index is 1.35. The lowest BCUT2D eigenvalue weighted by atomic mass is 9.98. The molecular weight excluding hydrogens is 416 g/mol. The number of halogens is 1. The molecule has 1 N–H and O–H groups in total. The molecule has 0 fully saturated rings. The molecule has 140 valence electrons. The molecule has 4 nitrogen and oxygen atoms in total. The maximum atomic E-state index is 12.1. The SMILES string of the molecule is O=C(NCC=Cc1ccncc1Br)OCC1c2ccccc2-c2ccccc21. The van der Waals surface area contributed by atoms with E-state index in [-0.39, 0.29) is 5.92 Å². The molecular formula is C23H19BrN2O2. The number of hydrogen-bond acceptors (Lipinski definition) is 3. The van der Waals surface area contributed by atoms with E-state index in [1.165, 1.54) is 22.3 Å². The molecule has 3 aromatic rings. The Bertz CT molecular complexity index is 987. The second-order valence-electron chi connectivity index (χ2n) is 6.51. The van der Waals surface area contributed by atoms with Gasteiger partial charge in [0.05, 0.1) is 0 Å². The van der Waals surface area contributed by atoms with Crippen molar-refractivity contribution in [3.8, 4) is 11.1 Å². The third-order valence-corrected chi connectivity index (χ3v) is 5.47. The molecule has 0 atom stereocenters. The standard InChI is InChI=1S/C23H19BrN2O2/c24-22-14-25-13-11-16(22)6-5-12-26-23(27)28-15-21-19-9-3-1-7-17(19)18-8-2-4-10-20(18)21/h1-11,13-14,21H,12,15H2,(H,26,27). The van der Waals surface area contributed by atoms with Gasteiger partial charge in [0.1, 0.15) is 6.61 Å². The van der Waals surface area contributed by atoms with Crippen LogP contribution in [0.4, 0.5) is 4.79 Å². The van der Waals surface area contributed by atoms with Crippen LogP contribution in [0.3, 0.4) is 0 Å². The lowest BCUT2D eigenvalue weighted by molar-refractivity contribution is 0.144. The third-order valence-electron chi connectivity index (χ3n) is 4.81. The monoisotopic (exact) mass is 434 g/mol. The highest BCUT2D eigenvalue weighted by Crippen LogP contribution is 2.44. The van der Waals surface area contributed by atoms with Gasteiger partial charge in [-0.15, -0.1) is 0 Å². The van der Waals surface area contributed by atoms with Gasteiger partial charge in [0, 0.05) is 29.3 Å². The summed E-state index contributed by atoms with van der Waals surface area (Å²) in [5.74, 6) is 0.0708. The summed E-state index contributed by atoms with van der Waals surface area (Å²) >= 11 is 3.44. The van der Waals surface area contributed by atoms with Crippen LogP contribution in [0, 0.1) is 0 Å². The zero-order chi connectivity index (χ0) is 19.3. The number of alkyl carbamates (subject to hydrolysis) is 1. The van der Waals surface area contributed by atoms with E-state index in [0.29, 0.717) is 13.2 Å². The van der Waals surface area contributed by atoms with E-state index in [1.807, 2.05) is 42.5 Å². The van der Waals surface area contributed by atoms with Crippen molar-refractivity contribution >= 4 is 28.1 Å². The van der Waals surface area contributed by atoms with Gasteiger partial charge >= 0.3 is 6.09 Å². The highest BCUT2D eigenvalue weighted by atomic mass is 79.9. The van der Waals surface area contributed by atoms with Crippen molar-refractivity contribution in [2.75, 3.05) is 13.2 Å². The van der Waals surface area contributed by atoms with Crippen molar-refractivity contribution in [1.82, 2.24) is 10.3 Å². The summed E-state index contributed by atoms with van der Waals surface area (Å²) in [6.45, 7) is 0.713. The molecule has 0 saturated carbocycles. The smallest absolute Gasteiger partial charge is 0.407 e. The molecule has 2 aromatic carbocycles. The van der Waals surface area contributed by atoms with Gasteiger partial charge in [-0.3, -0.25) is 4.98 Å². The molecule has 0 aliphatic heterocycles. The number of fused-ring (bicyclic) bond motifs is 3. The fourth-order valence-corrected chi connectivity index (χ4v) is 3.88. The Hall–Kier alpha value is -2.92. The first-order valence-corrected chi connectivity index (χ1v) is 9.88. The highest BCUT2D eigenvalue weighted by molar-refractivity contribution is 9.10. The van der Waals surface area contributed by atoms with Crippen LogP contribution in [0.25, 0.3) is 17.2 Å². The number of pyridine rings is 1. The number of nitrogens with one attached hydrogen (secondary N) is 1. The summed E-state index contributed by atoms with van der Waals surface area (Å²) in [7, 11) is 0. The molecule has 1 amide bonds. The Morgan fingerprint density at radius 1 is 1.07 bits per heavy atom. The first-order valence-electron chi connectivity index (χ1n) is 9.09. The normalized spacial score (nSPS) is 12.6. The van der Waals surface area contributed by atoms with Crippen molar-refractivity contribution in [3.63, 3.8) is 0 Å². The predicted molar refractivity (Wildman–Crippen MR) is 114 cm³/mol. The number of benzene rings is 2.